The second-order valence-electron chi connectivity index (χ2n) is 7.69. The minimum absolute atomic E-state index is 0.0104. The van der Waals surface area contributed by atoms with Gasteiger partial charge in [0, 0.05) is 30.2 Å². The predicted octanol–water partition coefficient (Wildman–Crippen LogP) is 4.07. The van der Waals surface area contributed by atoms with E-state index in [9.17, 15) is 9.59 Å². The molecule has 1 N–H and O–H groups in total. The molecule has 0 saturated heterocycles. The summed E-state index contributed by atoms with van der Waals surface area (Å²) in [5, 5.41) is 3.03. The molecule has 1 aromatic carbocycles. The van der Waals surface area contributed by atoms with E-state index in [-0.39, 0.29) is 17.8 Å². The molecule has 1 spiro atoms. The summed E-state index contributed by atoms with van der Waals surface area (Å²) in [6.07, 6.45) is 8.09. The van der Waals surface area contributed by atoms with Gasteiger partial charge in [-0.2, -0.15) is 0 Å². The van der Waals surface area contributed by atoms with Crippen LogP contribution in [-0.2, 0) is 15.1 Å². The highest BCUT2D eigenvalue weighted by molar-refractivity contribution is 5.94. The van der Waals surface area contributed by atoms with E-state index in [0.29, 0.717) is 31.2 Å². The Morgan fingerprint density at radius 2 is 1.90 bits per heavy atom. The average Bonchev–Trinajstić information content (AvgIpc) is 3.33. The summed E-state index contributed by atoms with van der Waals surface area (Å²) < 4.78 is 7.70. The van der Waals surface area contributed by atoms with Gasteiger partial charge in [0.1, 0.15) is 0 Å². The average molecular weight is 387 g/mol. The van der Waals surface area contributed by atoms with Crippen LogP contribution in [0, 0.1) is 5.92 Å². The van der Waals surface area contributed by atoms with Gasteiger partial charge in [0.15, 0.2) is 5.60 Å². The normalized spacial score (nSPS) is 22.9. The Hall–Kier alpha value is -3.41. The molecule has 1 aliphatic carbocycles. The van der Waals surface area contributed by atoms with Crippen LogP contribution in [0.5, 0.6) is 0 Å². The van der Waals surface area contributed by atoms with Crippen molar-refractivity contribution in [2.45, 2.75) is 31.3 Å². The molecule has 5 rings (SSSR count). The number of nitrogens with one attached hydrogen (secondary N) is 1. The molecule has 146 valence electrons. The molecule has 6 heteroatoms. The number of carbonyl (C=O) groups is 2. The SMILES string of the molecule is O=C1OC2(CCC(C(=O)Nc3ccn(-c4ccccc4)c3)CC2)c2ncccc21. The van der Waals surface area contributed by atoms with Gasteiger partial charge in [0.2, 0.25) is 5.91 Å². The van der Waals surface area contributed by atoms with Crippen LogP contribution in [0.1, 0.15) is 41.7 Å². The summed E-state index contributed by atoms with van der Waals surface area (Å²) in [6, 6.07) is 15.4. The van der Waals surface area contributed by atoms with E-state index >= 15 is 0 Å². The molecular weight excluding hydrogens is 366 g/mol. The second-order valence-corrected chi connectivity index (χ2v) is 7.69. The quantitative estimate of drug-likeness (QED) is 0.688. The molecule has 0 radical (unpaired) electrons. The predicted molar refractivity (Wildman–Crippen MR) is 108 cm³/mol. The number of hydrogen-bond donors (Lipinski definition) is 1. The molecule has 1 amide bonds. The minimum Gasteiger partial charge on any atom is -0.449 e. The van der Waals surface area contributed by atoms with Crippen LogP contribution < -0.4 is 5.32 Å². The van der Waals surface area contributed by atoms with Crippen molar-refractivity contribution in [2.24, 2.45) is 5.92 Å². The van der Waals surface area contributed by atoms with Crippen molar-refractivity contribution in [3.8, 4) is 5.69 Å². The molecule has 29 heavy (non-hydrogen) atoms. The lowest BCUT2D eigenvalue weighted by Crippen LogP contribution is -2.36. The fourth-order valence-corrected chi connectivity index (χ4v) is 4.37. The molecule has 0 atom stereocenters. The lowest BCUT2D eigenvalue weighted by atomic mass is 9.76. The number of nitrogens with zero attached hydrogens (tertiary/aromatic N) is 2. The van der Waals surface area contributed by atoms with Gasteiger partial charge >= 0.3 is 5.97 Å². The first kappa shape index (κ1) is 17.7. The van der Waals surface area contributed by atoms with E-state index in [1.54, 1.807) is 18.3 Å². The largest absolute Gasteiger partial charge is 0.449 e. The highest BCUT2D eigenvalue weighted by atomic mass is 16.6. The van der Waals surface area contributed by atoms with Gasteiger partial charge in [-0.15, -0.1) is 0 Å². The highest BCUT2D eigenvalue weighted by Crippen LogP contribution is 2.47. The number of hydrogen-bond acceptors (Lipinski definition) is 4. The Labute approximate surface area is 168 Å². The van der Waals surface area contributed by atoms with Crippen molar-refractivity contribution in [1.29, 1.82) is 0 Å². The number of benzene rings is 1. The van der Waals surface area contributed by atoms with Gasteiger partial charge in [-0.05, 0) is 56.0 Å². The molecule has 1 fully saturated rings. The van der Waals surface area contributed by atoms with E-state index in [0.717, 1.165) is 17.1 Å². The molecule has 2 aliphatic rings. The summed E-state index contributed by atoms with van der Waals surface area (Å²) in [7, 11) is 0. The van der Waals surface area contributed by atoms with Crippen LogP contribution in [0.25, 0.3) is 5.69 Å². The maximum absolute atomic E-state index is 12.8. The highest BCUT2D eigenvalue weighted by Gasteiger charge is 2.49. The molecular formula is C23H21N3O3. The molecule has 1 aliphatic heterocycles. The Morgan fingerprint density at radius 3 is 2.69 bits per heavy atom. The molecule has 1 saturated carbocycles. The van der Waals surface area contributed by atoms with E-state index < -0.39 is 5.60 Å². The summed E-state index contributed by atoms with van der Waals surface area (Å²) in [4.78, 5) is 29.4. The summed E-state index contributed by atoms with van der Waals surface area (Å²) in [6.45, 7) is 0. The molecule has 3 aromatic rings. The zero-order valence-electron chi connectivity index (χ0n) is 15.9. The third-order valence-corrected chi connectivity index (χ3v) is 5.93. The van der Waals surface area contributed by atoms with Crippen molar-refractivity contribution >= 4 is 17.6 Å². The van der Waals surface area contributed by atoms with Crippen LogP contribution in [0.4, 0.5) is 5.69 Å². The first-order valence-electron chi connectivity index (χ1n) is 9.88. The van der Waals surface area contributed by atoms with E-state index in [4.69, 9.17) is 4.74 Å². The van der Waals surface area contributed by atoms with Crippen LogP contribution in [0.3, 0.4) is 0 Å². The maximum atomic E-state index is 12.8. The monoisotopic (exact) mass is 387 g/mol. The lowest BCUT2D eigenvalue weighted by molar-refractivity contribution is -0.122. The number of esters is 1. The first-order chi connectivity index (χ1) is 14.1. The van der Waals surface area contributed by atoms with Crippen LogP contribution in [-0.4, -0.2) is 21.4 Å². The third-order valence-electron chi connectivity index (χ3n) is 5.93. The number of aromatic nitrogens is 2. The van der Waals surface area contributed by atoms with Crippen LogP contribution in [0.15, 0.2) is 67.1 Å². The first-order valence-corrected chi connectivity index (χ1v) is 9.88. The number of ether oxygens (including phenoxy) is 1. The topological polar surface area (TPSA) is 73.2 Å². The van der Waals surface area contributed by atoms with Gasteiger partial charge in [0.25, 0.3) is 0 Å². The second kappa shape index (κ2) is 6.88. The zero-order chi connectivity index (χ0) is 19.8. The fourth-order valence-electron chi connectivity index (χ4n) is 4.37. The third kappa shape index (κ3) is 3.10. The summed E-state index contributed by atoms with van der Waals surface area (Å²) in [5.41, 5.74) is 2.43. The standard InChI is InChI=1S/C23H21N3O3/c27-21(25-17-10-14-26(15-17)18-5-2-1-3-6-18)16-8-11-23(12-9-16)20-19(22(28)29-23)7-4-13-24-20/h1-7,10,13-16H,8-9,11-12H2,(H,25,27). The van der Waals surface area contributed by atoms with Gasteiger partial charge in [0.05, 0.1) is 16.9 Å². The molecule has 3 heterocycles. The molecule has 0 bridgehead atoms. The number of amides is 1. The van der Waals surface area contributed by atoms with Crippen molar-refractivity contribution in [3.05, 3.63) is 78.4 Å². The van der Waals surface area contributed by atoms with E-state index in [1.165, 1.54) is 0 Å². The molecule has 6 nitrogen and oxygen atoms in total. The summed E-state index contributed by atoms with van der Waals surface area (Å²) >= 11 is 0. The van der Waals surface area contributed by atoms with Crippen molar-refractivity contribution in [1.82, 2.24) is 9.55 Å². The number of fused-ring (bicyclic) bond motifs is 2. The van der Waals surface area contributed by atoms with Gasteiger partial charge < -0.3 is 14.6 Å². The summed E-state index contributed by atoms with van der Waals surface area (Å²) in [5.74, 6) is -0.401. The Bertz CT molecular complexity index is 1070. The maximum Gasteiger partial charge on any atom is 0.341 e. The van der Waals surface area contributed by atoms with Crippen molar-refractivity contribution in [3.63, 3.8) is 0 Å². The zero-order valence-corrected chi connectivity index (χ0v) is 15.9. The number of anilines is 1. The van der Waals surface area contributed by atoms with Gasteiger partial charge in [-0.1, -0.05) is 18.2 Å². The Morgan fingerprint density at radius 1 is 1.10 bits per heavy atom. The Kier molecular flexibility index (Phi) is 4.19. The number of para-hydroxylation sites is 1. The van der Waals surface area contributed by atoms with Crippen LogP contribution in [0.2, 0.25) is 0 Å². The van der Waals surface area contributed by atoms with Gasteiger partial charge in [-0.3, -0.25) is 9.78 Å². The van der Waals surface area contributed by atoms with Crippen molar-refractivity contribution in [2.75, 3.05) is 5.32 Å². The fraction of sp³-hybridized carbons (Fsp3) is 0.261. The molecule has 0 unspecified atom stereocenters. The number of carbonyl (C=O) groups excluding carboxylic acids is 2. The number of rotatable bonds is 3. The van der Waals surface area contributed by atoms with Crippen molar-refractivity contribution < 1.29 is 14.3 Å². The number of pyridine rings is 1. The van der Waals surface area contributed by atoms with E-state index in [2.05, 4.69) is 10.3 Å². The molecule has 2 aromatic heterocycles. The lowest BCUT2D eigenvalue weighted by Gasteiger charge is -2.35. The smallest absolute Gasteiger partial charge is 0.341 e. The van der Waals surface area contributed by atoms with Crippen LogP contribution >= 0.6 is 0 Å². The van der Waals surface area contributed by atoms with E-state index in [1.807, 2.05) is 53.4 Å². The Balaban J connectivity index is 1.25. The minimum atomic E-state index is -0.666. The van der Waals surface area contributed by atoms with Gasteiger partial charge in [-0.25, -0.2) is 4.79 Å².